The summed E-state index contributed by atoms with van der Waals surface area (Å²) in [5.41, 5.74) is -0.798. The second kappa shape index (κ2) is 7.20. The molecule has 10 heteroatoms. The third-order valence-electron chi connectivity index (χ3n) is 3.02. The number of carboxylic acids is 1. The van der Waals surface area contributed by atoms with Crippen molar-refractivity contribution in [3.63, 3.8) is 0 Å². The van der Waals surface area contributed by atoms with Crippen molar-refractivity contribution in [1.82, 2.24) is 0 Å². The molecule has 120 valence electrons. The van der Waals surface area contributed by atoms with Crippen molar-refractivity contribution in [1.29, 1.82) is 0 Å². The Balaban J connectivity index is 3.47. The van der Waals surface area contributed by atoms with Gasteiger partial charge in [0.1, 0.15) is 17.9 Å². The van der Waals surface area contributed by atoms with Crippen LogP contribution in [0.25, 0.3) is 0 Å². The second-order valence-electron chi connectivity index (χ2n) is 4.29. The normalized spacial score (nSPS) is 10.1. The van der Waals surface area contributed by atoms with E-state index in [-0.39, 0.29) is 11.4 Å². The highest BCUT2D eigenvalue weighted by molar-refractivity contribution is 5.80. The van der Waals surface area contributed by atoms with E-state index in [0.29, 0.717) is 13.1 Å². The van der Waals surface area contributed by atoms with E-state index in [9.17, 15) is 25.0 Å². The first-order valence-corrected chi connectivity index (χ1v) is 6.49. The van der Waals surface area contributed by atoms with Gasteiger partial charge in [0.05, 0.1) is 15.9 Å². The molecule has 0 aliphatic carbocycles. The molecule has 0 spiro atoms. The third-order valence-corrected chi connectivity index (χ3v) is 3.02. The van der Waals surface area contributed by atoms with Crippen LogP contribution in [0.2, 0.25) is 0 Å². The van der Waals surface area contributed by atoms with E-state index in [1.54, 1.807) is 18.7 Å². The summed E-state index contributed by atoms with van der Waals surface area (Å²) in [6, 6.07) is 2.09. The van der Waals surface area contributed by atoms with E-state index >= 15 is 0 Å². The van der Waals surface area contributed by atoms with Crippen molar-refractivity contribution in [3.05, 3.63) is 32.4 Å². The molecule has 0 heterocycles. The Morgan fingerprint density at radius 1 is 1.18 bits per heavy atom. The lowest BCUT2D eigenvalue weighted by Gasteiger charge is -2.21. The van der Waals surface area contributed by atoms with Gasteiger partial charge in [-0.25, -0.2) is 0 Å². The average molecular weight is 312 g/mol. The molecule has 0 atom stereocenters. The highest BCUT2D eigenvalue weighted by Crippen LogP contribution is 2.37. The molecule has 1 aromatic carbocycles. The van der Waals surface area contributed by atoms with E-state index in [0.717, 1.165) is 6.07 Å². The van der Waals surface area contributed by atoms with Crippen LogP contribution in [0.1, 0.15) is 13.8 Å². The Morgan fingerprint density at radius 3 is 2.14 bits per heavy atom. The number of benzene rings is 1. The van der Waals surface area contributed by atoms with E-state index < -0.39 is 33.7 Å². The summed E-state index contributed by atoms with van der Waals surface area (Å²) < 4.78 is 0. The Morgan fingerprint density at radius 2 is 1.73 bits per heavy atom. The molecule has 1 rings (SSSR count). The highest BCUT2D eigenvalue weighted by Gasteiger charge is 2.26. The number of nitrogens with zero attached hydrogens (tertiary/aromatic N) is 3. The fraction of sp³-hybridized carbons (Fsp3) is 0.417. The summed E-state index contributed by atoms with van der Waals surface area (Å²) >= 11 is 0. The average Bonchev–Trinajstić information content (AvgIpc) is 2.45. The van der Waals surface area contributed by atoms with Crippen molar-refractivity contribution in [3.8, 4) is 0 Å². The lowest BCUT2D eigenvalue weighted by Crippen LogP contribution is -2.23. The fourth-order valence-electron chi connectivity index (χ4n) is 1.99. The SMILES string of the molecule is CCN(CC)c1cc(NCC(=O)O)c([N+](=O)[O-])cc1[N+](=O)[O-]. The molecule has 22 heavy (non-hydrogen) atoms. The molecule has 0 amide bonds. The van der Waals surface area contributed by atoms with Crippen molar-refractivity contribution in [2.24, 2.45) is 0 Å². The van der Waals surface area contributed by atoms with Gasteiger partial charge in [-0.1, -0.05) is 0 Å². The van der Waals surface area contributed by atoms with Gasteiger partial charge in [0.25, 0.3) is 11.4 Å². The highest BCUT2D eigenvalue weighted by atomic mass is 16.6. The van der Waals surface area contributed by atoms with Crippen LogP contribution in [0.15, 0.2) is 12.1 Å². The van der Waals surface area contributed by atoms with Crippen molar-refractivity contribution < 1.29 is 19.7 Å². The Kier molecular flexibility index (Phi) is 5.61. The van der Waals surface area contributed by atoms with Crippen LogP contribution in [0.4, 0.5) is 22.7 Å². The summed E-state index contributed by atoms with van der Waals surface area (Å²) in [5, 5.41) is 33.3. The number of aliphatic carboxylic acids is 1. The predicted molar refractivity (Wildman–Crippen MR) is 79.4 cm³/mol. The van der Waals surface area contributed by atoms with Gasteiger partial charge >= 0.3 is 5.97 Å². The lowest BCUT2D eigenvalue weighted by atomic mass is 10.2. The van der Waals surface area contributed by atoms with Gasteiger partial charge in [0.15, 0.2) is 0 Å². The number of nitro groups is 2. The molecule has 0 aromatic heterocycles. The minimum absolute atomic E-state index is 0.0695. The van der Waals surface area contributed by atoms with E-state index in [1.807, 2.05) is 0 Å². The number of hydrogen-bond donors (Lipinski definition) is 2. The molecular weight excluding hydrogens is 296 g/mol. The van der Waals surface area contributed by atoms with Gasteiger partial charge < -0.3 is 15.3 Å². The molecule has 0 bridgehead atoms. The standard InChI is InChI=1S/C12H16N4O6/c1-3-14(4-2)10-5-8(13-7-12(17)18)9(15(19)20)6-11(10)16(21)22/h5-6,13H,3-4,7H2,1-2H3,(H,17,18). The summed E-state index contributed by atoms with van der Waals surface area (Å²) in [4.78, 5) is 33.0. The zero-order valence-electron chi connectivity index (χ0n) is 12.1. The van der Waals surface area contributed by atoms with Crippen LogP contribution in [-0.2, 0) is 4.79 Å². The molecule has 1 aromatic rings. The Bertz CT molecular complexity index is 600. The smallest absolute Gasteiger partial charge is 0.322 e. The summed E-state index contributed by atoms with van der Waals surface area (Å²) in [5.74, 6) is -1.20. The van der Waals surface area contributed by atoms with Crippen molar-refractivity contribution >= 4 is 28.7 Å². The first-order valence-electron chi connectivity index (χ1n) is 6.49. The van der Waals surface area contributed by atoms with Crippen LogP contribution < -0.4 is 10.2 Å². The number of anilines is 2. The maximum absolute atomic E-state index is 11.2. The van der Waals surface area contributed by atoms with Crippen LogP contribution in [0, 0.1) is 20.2 Å². The maximum Gasteiger partial charge on any atom is 0.322 e. The van der Waals surface area contributed by atoms with Gasteiger partial charge in [0.2, 0.25) is 0 Å². The van der Waals surface area contributed by atoms with E-state index in [4.69, 9.17) is 5.11 Å². The first kappa shape index (κ1) is 17.1. The summed E-state index contributed by atoms with van der Waals surface area (Å²) in [6.07, 6.45) is 0. The largest absolute Gasteiger partial charge is 0.480 e. The molecule has 10 nitrogen and oxygen atoms in total. The van der Waals surface area contributed by atoms with Gasteiger partial charge in [-0.15, -0.1) is 0 Å². The number of rotatable bonds is 8. The minimum Gasteiger partial charge on any atom is -0.480 e. The Hall–Kier alpha value is -2.91. The third kappa shape index (κ3) is 3.81. The molecule has 0 aliphatic heterocycles. The summed E-state index contributed by atoms with van der Waals surface area (Å²) in [6.45, 7) is 3.98. The van der Waals surface area contributed by atoms with Crippen LogP contribution >= 0.6 is 0 Å². The monoisotopic (exact) mass is 312 g/mol. The lowest BCUT2D eigenvalue weighted by molar-refractivity contribution is -0.393. The zero-order chi connectivity index (χ0) is 16.9. The van der Waals surface area contributed by atoms with Gasteiger partial charge in [0, 0.05) is 13.1 Å². The second-order valence-corrected chi connectivity index (χ2v) is 4.29. The molecular formula is C12H16N4O6. The minimum atomic E-state index is -1.20. The number of carbonyl (C=O) groups is 1. The molecule has 0 saturated carbocycles. The van der Waals surface area contributed by atoms with Crippen LogP contribution in [-0.4, -0.2) is 40.6 Å². The number of nitrogens with one attached hydrogen (secondary N) is 1. The van der Waals surface area contributed by atoms with Crippen molar-refractivity contribution in [2.75, 3.05) is 29.9 Å². The van der Waals surface area contributed by atoms with E-state index in [1.165, 1.54) is 6.07 Å². The quantitative estimate of drug-likeness (QED) is 0.547. The van der Waals surface area contributed by atoms with Gasteiger partial charge in [-0.2, -0.15) is 0 Å². The Labute approximate surface area is 125 Å². The number of carboxylic acid groups (broad SMARTS) is 1. The first-order chi connectivity index (χ1) is 10.3. The van der Waals surface area contributed by atoms with Crippen LogP contribution in [0.5, 0.6) is 0 Å². The zero-order valence-corrected chi connectivity index (χ0v) is 12.1. The van der Waals surface area contributed by atoms with Crippen LogP contribution in [0.3, 0.4) is 0 Å². The molecule has 2 N–H and O–H groups in total. The molecule has 0 radical (unpaired) electrons. The number of nitro benzene ring substituents is 2. The molecule has 0 unspecified atom stereocenters. The molecule has 0 fully saturated rings. The molecule has 0 aliphatic rings. The van der Waals surface area contributed by atoms with E-state index in [2.05, 4.69) is 5.32 Å². The predicted octanol–water partition coefficient (Wildman–Crippen LogP) is 1.85. The van der Waals surface area contributed by atoms with Gasteiger partial charge in [-0.3, -0.25) is 25.0 Å². The molecule has 0 saturated heterocycles. The van der Waals surface area contributed by atoms with Crippen molar-refractivity contribution in [2.45, 2.75) is 13.8 Å². The fourth-order valence-corrected chi connectivity index (χ4v) is 1.99. The van der Waals surface area contributed by atoms with Gasteiger partial charge in [-0.05, 0) is 19.9 Å². The maximum atomic E-state index is 11.2. The number of hydrogen-bond acceptors (Lipinski definition) is 7. The summed E-state index contributed by atoms with van der Waals surface area (Å²) in [7, 11) is 0. The topological polar surface area (TPSA) is 139 Å².